The number of hydrazone groups is 1. The molecule has 0 fully saturated rings. The molecule has 6 heteroatoms. The molecule has 0 saturated heterocycles. The minimum atomic E-state index is -0.245. The highest BCUT2D eigenvalue weighted by Crippen LogP contribution is 2.28. The second-order valence-electron chi connectivity index (χ2n) is 8.20. The van der Waals surface area contributed by atoms with Crippen molar-refractivity contribution in [3.05, 3.63) is 94.5 Å². The number of carbonyl (C=O) groups excluding carboxylic acids is 1. The summed E-state index contributed by atoms with van der Waals surface area (Å²) in [4.78, 5) is 14.9. The number of benzene rings is 3. The highest BCUT2D eigenvalue weighted by atomic mass is 16.5. The van der Waals surface area contributed by atoms with E-state index in [4.69, 9.17) is 9.47 Å². The lowest BCUT2D eigenvalue weighted by Gasteiger charge is -2.28. The number of rotatable bonds is 9. The smallest absolute Gasteiger partial charge is 0.271 e. The molecule has 0 saturated carbocycles. The molecule has 6 nitrogen and oxygen atoms in total. The molecular weight excluding hydrogens is 426 g/mol. The molecule has 3 aromatic carbocycles. The van der Waals surface area contributed by atoms with Gasteiger partial charge in [0.05, 0.1) is 19.4 Å². The Balaban J connectivity index is 1.32. The number of carbonyl (C=O) groups is 1. The summed E-state index contributed by atoms with van der Waals surface area (Å²) in [6.45, 7) is 7.84. The monoisotopic (exact) mass is 457 g/mol. The minimum absolute atomic E-state index is 0.245. The molecule has 1 heterocycles. The molecule has 0 radical (unpaired) electrons. The SMILES string of the molecule is CCOc1ccc(/C=N\NC(=O)c2ccc(CN3CCc4ccccc4C3)cc2)cc1OCC. The Morgan fingerprint density at radius 1 is 0.971 bits per heavy atom. The van der Waals surface area contributed by atoms with Crippen LogP contribution in [-0.4, -0.2) is 36.8 Å². The van der Waals surface area contributed by atoms with Gasteiger partial charge in [-0.3, -0.25) is 9.69 Å². The Kier molecular flexibility index (Phi) is 7.94. The average Bonchev–Trinajstić information content (AvgIpc) is 2.86. The molecule has 0 aromatic heterocycles. The van der Waals surface area contributed by atoms with Gasteiger partial charge in [0.2, 0.25) is 0 Å². The Morgan fingerprint density at radius 3 is 2.47 bits per heavy atom. The molecular formula is C28H31N3O3. The summed E-state index contributed by atoms with van der Waals surface area (Å²) in [7, 11) is 0. The van der Waals surface area contributed by atoms with Crippen molar-refractivity contribution in [3.8, 4) is 11.5 Å². The van der Waals surface area contributed by atoms with E-state index in [1.807, 2.05) is 56.3 Å². The van der Waals surface area contributed by atoms with Gasteiger partial charge in [0.1, 0.15) is 0 Å². The Morgan fingerprint density at radius 2 is 1.71 bits per heavy atom. The van der Waals surface area contributed by atoms with Gasteiger partial charge in [-0.25, -0.2) is 5.43 Å². The number of hydrogen-bond acceptors (Lipinski definition) is 5. The van der Waals surface area contributed by atoms with Gasteiger partial charge >= 0.3 is 0 Å². The molecule has 1 aliphatic heterocycles. The third-order valence-corrected chi connectivity index (χ3v) is 5.78. The first-order valence-electron chi connectivity index (χ1n) is 11.8. The molecule has 3 aromatic rings. The maximum Gasteiger partial charge on any atom is 0.271 e. The molecule has 0 unspecified atom stereocenters. The maximum absolute atomic E-state index is 12.5. The van der Waals surface area contributed by atoms with E-state index in [-0.39, 0.29) is 5.91 Å². The van der Waals surface area contributed by atoms with Crippen LogP contribution in [0.15, 0.2) is 71.8 Å². The molecule has 4 rings (SSSR count). The fourth-order valence-electron chi connectivity index (χ4n) is 4.09. The summed E-state index contributed by atoms with van der Waals surface area (Å²) >= 11 is 0. The van der Waals surface area contributed by atoms with E-state index < -0.39 is 0 Å². The largest absolute Gasteiger partial charge is 0.490 e. The van der Waals surface area contributed by atoms with Crippen LogP contribution in [0.25, 0.3) is 0 Å². The molecule has 1 aliphatic rings. The molecule has 0 atom stereocenters. The van der Waals surface area contributed by atoms with Crippen LogP contribution in [0.5, 0.6) is 11.5 Å². The van der Waals surface area contributed by atoms with Crippen LogP contribution in [0.2, 0.25) is 0 Å². The van der Waals surface area contributed by atoms with Crippen molar-refractivity contribution >= 4 is 12.1 Å². The molecule has 34 heavy (non-hydrogen) atoms. The van der Waals surface area contributed by atoms with Crippen molar-refractivity contribution in [2.24, 2.45) is 5.10 Å². The van der Waals surface area contributed by atoms with E-state index in [1.165, 1.54) is 16.7 Å². The molecule has 0 bridgehead atoms. The van der Waals surface area contributed by atoms with E-state index >= 15 is 0 Å². The van der Waals surface area contributed by atoms with Gasteiger partial charge in [-0.05, 0) is 72.9 Å². The lowest BCUT2D eigenvalue weighted by atomic mass is 9.99. The van der Waals surface area contributed by atoms with Gasteiger partial charge in [0.15, 0.2) is 11.5 Å². The first-order valence-corrected chi connectivity index (χ1v) is 11.8. The molecule has 0 spiro atoms. The number of hydrogen-bond donors (Lipinski definition) is 1. The van der Waals surface area contributed by atoms with Crippen LogP contribution in [0.3, 0.4) is 0 Å². The summed E-state index contributed by atoms with van der Waals surface area (Å²) in [6, 6.07) is 21.9. The van der Waals surface area contributed by atoms with E-state index in [2.05, 4.69) is 39.7 Å². The van der Waals surface area contributed by atoms with Crippen molar-refractivity contribution < 1.29 is 14.3 Å². The van der Waals surface area contributed by atoms with Gasteiger partial charge < -0.3 is 9.47 Å². The van der Waals surface area contributed by atoms with Gasteiger partial charge in [-0.2, -0.15) is 5.10 Å². The number of nitrogens with one attached hydrogen (secondary N) is 1. The van der Waals surface area contributed by atoms with Crippen LogP contribution in [0.1, 0.15) is 46.5 Å². The Labute approximate surface area is 201 Å². The van der Waals surface area contributed by atoms with Crippen molar-refractivity contribution in [2.45, 2.75) is 33.4 Å². The molecule has 1 N–H and O–H groups in total. The summed E-state index contributed by atoms with van der Waals surface area (Å²) in [5.74, 6) is 1.11. The molecule has 0 aliphatic carbocycles. The van der Waals surface area contributed by atoms with Crippen LogP contribution in [-0.2, 0) is 19.5 Å². The second kappa shape index (κ2) is 11.5. The number of ether oxygens (including phenoxy) is 2. The van der Waals surface area contributed by atoms with E-state index in [0.717, 1.165) is 31.6 Å². The highest BCUT2D eigenvalue weighted by Gasteiger charge is 2.16. The standard InChI is InChI=1S/C28H31N3O3/c1-3-33-26-14-11-22(17-27(26)34-4-2)18-29-30-28(32)24-12-9-21(10-13-24)19-31-16-15-23-7-5-6-8-25(23)20-31/h5-14,17-18H,3-4,15-16,19-20H2,1-2H3,(H,30,32)/b29-18-. The summed E-state index contributed by atoms with van der Waals surface area (Å²) in [6.07, 6.45) is 2.67. The Hall–Kier alpha value is -3.64. The number of nitrogens with zero attached hydrogens (tertiary/aromatic N) is 2. The number of fused-ring (bicyclic) bond motifs is 1. The molecule has 176 valence electrons. The fourth-order valence-corrected chi connectivity index (χ4v) is 4.09. The first kappa shape index (κ1) is 23.5. The normalized spacial score (nSPS) is 13.5. The van der Waals surface area contributed by atoms with E-state index in [1.54, 1.807) is 6.21 Å². The maximum atomic E-state index is 12.5. The van der Waals surface area contributed by atoms with Gasteiger partial charge in [-0.1, -0.05) is 36.4 Å². The lowest BCUT2D eigenvalue weighted by molar-refractivity contribution is 0.0955. The van der Waals surface area contributed by atoms with Crippen molar-refractivity contribution in [2.75, 3.05) is 19.8 Å². The van der Waals surface area contributed by atoms with Crippen molar-refractivity contribution in [3.63, 3.8) is 0 Å². The zero-order chi connectivity index (χ0) is 23.8. The van der Waals surface area contributed by atoms with Gasteiger partial charge in [0.25, 0.3) is 5.91 Å². The second-order valence-corrected chi connectivity index (χ2v) is 8.20. The summed E-state index contributed by atoms with van der Waals surface area (Å²) in [5, 5.41) is 4.10. The minimum Gasteiger partial charge on any atom is -0.490 e. The third kappa shape index (κ3) is 6.02. The van der Waals surface area contributed by atoms with E-state index in [0.29, 0.717) is 30.3 Å². The lowest BCUT2D eigenvalue weighted by Crippen LogP contribution is -2.30. The fraction of sp³-hybridized carbons (Fsp3) is 0.286. The van der Waals surface area contributed by atoms with Crippen LogP contribution < -0.4 is 14.9 Å². The predicted molar refractivity (Wildman–Crippen MR) is 135 cm³/mol. The number of amides is 1. The van der Waals surface area contributed by atoms with Crippen LogP contribution >= 0.6 is 0 Å². The van der Waals surface area contributed by atoms with Gasteiger partial charge in [0, 0.05) is 25.2 Å². The quantitative estimate of drug-likeness (QED) is 0.370. The van der Waals surface area contributed by atoms with Crippen LogP contribution in [0.4, 0.5) is 0 Å². The third-order valence-electron chi connectivity index (χ3n) is 5.78. The van der Waals surface area contributed by atoms with E-state index in [9.17, 15) is 4.79 Å². The molecule has 1 amide bonds. The van der Waals surface area contributed by atoms with Crippen molar-refractivity contribution in [1.82, 2.24) is 10.3 Å². The topological polar surface area (TPSA) is 63.2 Å². The first-order chi connectivity index (χ1) is 16.7. The van der Waals surface area contributed by atoms with Gasteiger partial charge in [-0.15, -0.1) is 0 Å². The Bertz CT molecular complexity index is 1140. The summed E-state index contributed by atoms with van der Waals surface area (Å²) in [5.41, 5.74) is 8.03. The summed E-state index contributed by atoms with van der Waals surface area (Å²) < 4.78 is 11.2. The zero-order valence-electron chi connectivity index (χ0n) is 19.8. The van der Waals surface area contributed by atoms with Crippen molar-refractivity contribution in [1.29, 1.82) is 0 Å². The predicted octanol–water partition coefficient (Wildman–Crippen LogP) is 4.81. The zero-order valence-corrected chi connectivity index (χ0v) is 19.8. The average molecular weight is 458 g/mol. The van der Waals surface area contributed by atoms with Crippen LogP contribution in [0, 0.1) is 0 Å². The highest BCUT2D eigenvalue weighted by molar-refractivity contribution is 5.95.